The van der Waals surface area contributed by atoms with Crippen LogP contribution in [-0.4, -0.2) is 50.5 Å². The standard InChI is InChI=1S/C30H29NO5S/c1-34-22-10-8-21(9-11-22)30-28(25-15-14-24(35-2)19-26(25)37-30)29(33)20-6-12-23(13-7-20)36-18-17-31-16-4-3-5-27(31)32/h6-15,19H,3-5,16-18H2,1-2H3. The summed E-state index contributed by atoms with van der Waals surface area (Å²) in [7, 11) is 3.27. The molecule has 5 rings (SSSR count). The van der Waals surface area contributed by atoms with E-state index in [1.54, 1.807) is 37.7 Å². The summed E-state index contributed by atoms with van der Waals surface area (Å²) >= 11 is 1.57. The average Bonchev–Trinajstić information content (AvgIpc) is 3.32. The Balaban J connectivity index is 1.39. The van der Waals surface area contributed by atoms with Crippen LogP contribution in [0.15, 0.2) is 66.7 Å². The molecule has 37 heavy (non-hydrogen) atoms. The van der Waals surface area contributed by atoms with E-state index >= 15 is 0 Å². The quantitative estimate of drug-likeness (QED) is 0.248. The maximum atomic E-state index is 13.8. The van der Waals surface area contributed by atoms with E-state index in [0.29, 0.717) is 36.4 Å². The van der Waals surface area contributed by atoms with E-state index < -0.39 is 0 Å². The molecule has 0 unspecified atom stereocenters. The summed E-state index contributed by atoms with van der Waals surface area (Å²) in [4.78, 5) is 28.6. The number of hydrogen-bond donors (Lipinski definition) is 0. The second-order valence-corrected chi connectivity index (χ2v) is 9.99. The Morgan fingerprint density at radius 3 is 2.30 bits per heavy atom. The van der Waals surface area contributed by atoms with E-state index in [1.807, 2.05) is 59.5 Å². The first-order chi connectivity index (χ1) is 18.1. The third-order valence-electron chi connectivity index (χ3n) is 6.64. The molecule has 0 atom stereocenters. The Hall–Kier alpha value is -3.84. The van der Waals surface area contributed by atoms with Gasteiger partial charge in [-0.1, -0.05) is 0 Å². The Labute approximate surface area is 220 Å². The molecule has 1 saturated heterocycles. The van der Waals surface area contributed by atoms with E-state index in [4.69, 9.17) is 14.2 Å². The predicted molar refractivity (Wildman–Crippen MR) is 146 cm³/mol. The van der Waals surface area contributed by atoms with Gasteiger partial charge in [-0.3, -0.25) is 9.59 Å². The summed E-state index contributed by atoms with van der Waals surface area (Å²) in [5.74, 6) is 2.34. The van der Waals surface area contributed by atoms with Gasteiger partial charge in [0.2, 0.25) is 5.91 Å². The van der Waals surface area contributed by atoms with Crippen LogP contribution >= 0.6 is 11.3 Å². The maximum absolute atomic E-state index is 13.8. The van der Waals surface area contributed by atoms with Crippen LogP contribution in [0, 0.1) is 0 Å². The SMILES string of the molecule is COc1ccc(-c2sc3cc(OC)ccc3c2C(=O)c2ccc(OCCN3CCCCC3=O)cc2)cc1. The summed E-state index contributed by atoms with van der Waals surface area (Å²) in [5, 5.41) is 0.896. The molecule has 0 bridgehead atoms. The van der Waals surface area contributed by atoms with E-state index in [9.17, 15) is 9.59 Å². The Morgan fingerprint density at radius 2 is 1.59 bits per heavy atom. The minimum atomic E-state index is -0.0484. The molecule has 0 aliphatic carbocycles. The molecule has 190 valence electrons. The fourth-order valence-electron chi connectivity index (χ4n) is 4.59. The maximum Gasteiger partial charge on any atom is 0.222 e. The second kappa shape index (κ2) is 11.0. The molecule has 2 heterocycles. The van der Waals surface area contributed by atoms with Gasteiger partial charge in [-0.2, -0.15) is 0 Å². The molecule has 0 saturated carbocycles. The highest BCUT2D eigenvalue weighted by atomic mass is 32.1. The number of piperidine rings is 1. The highest BCUT2D eigenvalue weighted by Crippen LogP contribution is 2.41. The Morgan fingerprint density at radius 1 is 0.892 bits per heavy atom. The molecule has 7 heteroatoms. The molecule has 6 nitrogen and oxygen atoms in total. The number of amides is 1. The molecule has 0 radical (unpaired) electrons. The number of likely N-dealkylation sites (tertiary alicyclic amines) is 1. The van der Waals surface area contributed by atoms with Gasteiger partial charge in [0.05, 0.1) is 20.8 Å². The highest BCUT2D eigenvalue weighted by molar-refractivity contribution is 7.22. The van der Waals surface area contributed by atoms with Gasteiger partial charge < -0.3 is 19.1 Å². The van der Waals surface area contributed by atoms with Crippen molar-refractivity contribution in [1.29, 1.82) is 0 Å². The minimum absolute atomic E-state index is 0.0484. The van der Waals surface area contributed by atoms with Crippen LogP contribution in [0.1, 0.15) is 35.2 Å². The summed E-state index contributed by atoms with van der Waals surface area (Å²) in [6.07, 6.45) is 2.64. The summed E-state index contributed by atoms with van der Waals surface area (Å²) in [5.41, 5.74) is 2.21. The number of nitrogens with zero attached hydrogens (tertiary/aromatic N) is 1. The molecule has 1 aliphatic rings. The average molecular weight is 516 g/mol. The van der Waals surface area contributed by atoms with Crippen LogP contribution in [0.4, 0.5) is 0 Å². The number of thiophene rings is 1. The van der Waals surface area contributed by atoms with Crippen LogP contribution < -0.4 is 14.2 Å². The van der Waals surface area contributed by atoms with E-state index in [0.717, 1.165) is 51.4 Å². The normalized spacial score (nSPS) is 13.6. The van der Waals surface area contributed by atoms with Gasteiger partial charge in [-0.25, -0.2) is 0 Å². The van der Waals surface area contributed by atoms with Crippen molar-refractivity contribution in [1.82, 2.24) is 4.90 Å². The van der Waals surface area contributed by atoms with E-state index in [2.05, 4.69) is 0 Å². The van der Waals surface area contributed by atoms with Crippen LogP contribution in [0.5, 0.6) is 17.2 Å². The number of ether oxygens (including phenoxy) is 3. The highest BCUT2D eigenvalue weighted by Gasteiger charge is 2.22. The zero-order chi connectivity index (χ0) is 25.8. The van der Waals surface area contributed by atoms with Crippen molar-refractivity contribution in [2.24, 2.45) is 0 Å². The molecule has 0 N–H and O–H groups in total. The third-order valence-corrected chi connectivity index (χ3v) is 7.85. The topological polar surface area (TPSA) is 65.1 Å². The fraction of sp³-hybridized carbons (Fsp3) is 0.267. The number of ketones is 1. The number of carbonyl (C=O) groups is 2. The van der Waals surface area contributed by atoms with Gasteiger partial charge in [0.15, 0.2) is 5.78 Å². The Bertz CT molecular complexity index is 1410. The first-order valence-electron chi connectivity index (χ1n) is 12.4. The van der Waals surface area contributed by atoms with Crippen LogP contribution in [0.3, 0.4) is 0 Å². The number of rotatable bonds is 9. The van der Waals surface area contributed by atoms with Crippen LogP contribution in [-0.2, 0) is 4.79 Å². The fourth-order valence-corrected chi connectivity index (χ4v) is 5.83. The van der Waals surface area contributed by atoms with Gasteiger partial charge in [-0.15, -0.1) is 11.3 Å². The van der Waals surface area contributed by atoms with Crippen molar-refractivity contribution in [3.63, 3.8) is 0 Å². The third kappa shape index (κ3) is 5.32. The molecule has 1 fully saturated rings. The lowest BCUT2D eigenvalue weighted by Crippen LogP contribution is -2.38. The smallest absolute Gasteiger partial charge is 0.222 e. The Kier molecular flexibility index (Phi) is 7.42. The van der Waals surface area contributed by atoms with E-state index in [1.165, 1.54) is 0 Å². The number of benzene rings is 3. The zero-order valence-corrected chi connectivity index (χ0v) is 21.8. The van der Waals surface area contributed by atoms with Gasteiger partial charge in [0.1, 0.15) is 23.9 Å². The first-order valence-corrected chi connectivity index (χ1v) is 13.2. The summed E-state index contributed by atoms with van der Waals surface area (Å²) in [6.45, 7) is 1.80. The zero-order valence-electron chi connectivity index (χ0n) is 21.0. The van der Waals surface area contributed by atoms with Gasteiger partial charge in [0.25, 0.3) is 0 Å². The minimum Gasteiger partial charge on any atom is -0.497 e. The lowest BCUT2D eigenvalue weighted by atomic mass is 9.97. The van der Waals surface area contributed by atoms with Gasteiger partial charge >= 0.3 is 0 Å². The molecule has 3 aromatic carbocycles. The van der Waals surface area contributed by atoms with Crippen LogP contribution in [0.25, 0.3) is 20.5 Å². The largest absolute Gasteiger partial charge is 0.497 e. The van der Waals surface area contributed by atoms with Gasteiger partial charge in [0, 0.05) is 39.1 Å². The molecule has 0 spiro atoms. The molecular weight excluding hydrogens is 486 g/mol. The van der Waals surface area contributed by atoms with Crippen LogP contribution in [0.2, 0.25) is 0 Å². The summed E-state index contributed by atoms with van der Waals surface area (Å²) in [6, 6.07) is 20.8. The monoisotopic (exact) mass is 515 g/mol. The number of methoxy groups -OCH3 is 2. The molecular formula is C30H29NO5S. The molecule has 1 amide bonds. The molecule has 4 aromatic rings. The number of fused-ring (bicyclic) bond motifs is 1. The van der Waals surface area contributed by atoms with Crippen molar-refractivity contribution in [2.75, 3.05) is 33.9 Å². The van der Waals surface area contributed by atoms with E-state index in [-0.39, 0.29) is 11.7 Å². The second-order valence-electron chi connectivity index (χ2n) is 8.94. The lowest BCUT2D eigenvalue weighted by molar-refractivity contribution is -0.133. The van der Waals surface area contributed by atoms with Crippen molar-refractivity contribution >= 4 is 33.1 Å². The predicted octanol–water partition coefficient (Wildman–Crippen LogP) is 6.21. The molecule has 1 aromatic heterocycles. The van der Waals surface area contributed by atoms with Gasteiger partial charge in [-0.05, 0) is 85.1 Å². The first kappa shape index (κ1) is 24.8. The number of carbonyl (C=O) groups excluding carboxylic acids is 2. The lowest BCUT2D eigenvalue weighted by Gasteiger charge is -2.26. The number of hydrogen-bond acceptors (Lipinski definition) is 6. The van der Waals surface area contributed by atoms with Crippen molar-refractivity contribution in [3.8, 4) is 27.7 Å². The van der Waals surface area contributed by atoms with Crippen molar-refractivity contribution in [2.45, 2.75) is 19.3 Å². The summed E-state index contributed by atoms with van der Waals surface area (Å²) < 4.78 is 17.6. The van der Waals surface area contributed by atoms with Crippen molar-refractivity contribution in [3.05, 3.63) is 77.9 Å². The van der Waals surface area contributed by atoms with Crippen molar-refractivity contribution < 1.29 is 23.8 Å². The molecule has 1 aliphatic heterocycles.